The minimum atomic E-state index is -3.68. The molecule has 0 saturated heterocycles. The molecule has 0 aliphatic carbocycles. The van der Waals surface area contributed by atoms with Gasteiger partial charge in [-0.3, -0.25) is 9.10 Å². The average molecular weight is 421 g/mol. The number of nitrogens with zero attached hydrogens (tertiary/aromatic N) is 1. The SMILES string of the molecule is O=C(CCN1c2cccc3cccc(c23)S1(=O)=O)Nc1cc(Cl)ccc1Cl. The molecule has 0 aromatic heterocycles. The number of amides is 1. The minimum absolute atomic E-state index is 0.0214. The Hall–Kier alpha value is -2.28. The van der Waals surface area contributed by atoms with Gasteiger partial charge in [-0.2, -0.15) is 0 Å². The molecule has 1 aliphatic heterocycles. The van der Waals surface area contributed by atoms with Crippen molar-refractivity contribution in [1.29, 1.82) is 0 Å². The fourth-order valence-corrected chi connectivity index (χ4v) is 5.26. The zero-order valence-corrected chi connectivity index (χ0v) is 16.3. The molecule has 0 unspecified atom stereocenters. The van der Waals surface area contributed by atoms with E-state index < -0.39 is 10.0 Å². The van der Waals surface area contributed by atoms with E-state index in [1.165, 1.54) is 4.31 Å². The first-order chi connectivity index (χ1) is 12.9. The van der Waals surface area contributed by atoms with E-state index in [2.05, 4.69) is 5.32 Å². The van der Waals surface area contributed by atoms with Crippen LogP contribution in [-0.4, -0.2) is 20.9 Å². The molecule has 0 spiro atoms. The number of halogens is 2. The Morgan fingerprint density at radius 1 is 1.04 bits per heavy atom. The maximum atomic E-state index is 12.9. The first-order valence-electron chi connectivity index (χ1n) is 8.17. The predicted octanol–water partition coefficient (Wildman–Crippen LogP) is 4.68. The van der Waals surface area contributed by atoms with Crippen molar-refractivity contribution in [3.05, 3.63) is 64.6 Å². The van der Waals surface area contributed by atoms with Crippen LogP contribution in [0.15, 0.2) is 59.5 Å². The predicted molar refractivity (Wildman–Crippen MR) is 108 cm³/mol. The number of carbonyl (C=O) groups excluding carboxylic acids is 1. The quantitative estimate of drug-likeness (QED) is 0.665. The van der Waals surface area contributed by atoms with Gasteiger partial charge < -0.3 is 5.32 Å². The van der Waals surface area contributed by atoms with Crippen molar-refractivity contribution >= 4 is 61.3 Å². The van der Waals surface area contributed by atoms with Crippen molar-refractivity contribution < 1.29 is 13.2 Å². The lowest BCUT2D eigenvalue weighted by molar-refractivity contribution is -0.116. The van der Waals surface area contributed by atoms with Gasteiger partial charge >= 0.3 is 0 Å². The summed E-state index contributed by atoms with van der Waals surface area (Å²) < 4.78 is 27.1. The van der Waals surface area contributed by atoms with Gasteiger partial charge in [-0.15, -0.1) is 0 Å². The summed E-state index contributed by atoms with van der Waals surface area (Å²) in [6.45, 7) is 0.0279. The lowest BCUT2D eigenvalue weighted by Crippen LogP contribution is -2.30. The molecule has 1 amide bonds. The second-order valence-electron chi connectivity index (χ2n) is 6.13. The van der Waals surface area contributed by atoms with Gasteiger partial charge in [-0.25, -0.2) is 8.42 Å². The summed E-state index contributed by atoms with van der Waals surface area (Å²) in [7, 11) is -3.68. The van der Waals surface area contributed by atoms with E-state index in [1.807, 2.05) is 12.1 Å². The standard InChI is InChI=1S/C19H14Cl2N2O3S/c20-13-7-8-14(21)15(11-13)22-18(24)9-10-23-16-5-1-3-12-4-2-6-17(19(12)16)27(23,25)26/h1-8,11H,9-10H2,(H,22,24). The maximum Gasteiger partial charge on any atom is 0.265 e. The maximum absolute atomic E-state index is 12.9. The molecule has 4 rings (SSSR count). The molecule has 1 heterocycles. The smallest absolute Gasteiger partial charge is 0.265 e. The van der Waals surface area contributed by atoms with Crippen LogP contribution in [0, 0.1) is 0 Å². The number of carbonyl (C=O) groups is 1. The molecular weight excluding hydrogens is 407 g/mol. The molecule has 0 atom stereocenters. The third-order valence-electron chi connectivity index (χ3n) is 4.43. The van der Waals surface area contributed by atoms with E-state index in [9.17, 15) is 13.2 Å². The highest BCUT2D eigenvalue weighted by atomic mass is 35.5. The van der Waals surface area contributed by atoms with Gasteiger partial charge in [0.15, 0.2) is 0 Å². The third kappa shape index (κ3) is 3.14. The molecule has 5 nitrogen and oxygen atoms in total. The number of hydrogen-bond donors (Lipinski definition) is 1. The largest absolute Gasteiger partial charge is 0.325 e. The average Bonchev–Trinajstić information content (AvgIpc) is 2.85. The number of benzene rings is 3. The summed E-state index contributed by atoms with van der Waals surface area (Å²) in [5.74, 6) is -0.350. The van der Waals surface area contributed by atoms with E-state index in [1.54, 1.807) is 42.5 Å². The van der Waals surface area contributed by atoms with Crippen LogP contribution in [0.2, 0.25) is 10.0 Å². The Kier molecular flexibility index (Phi) is 4.50. The Balaban J connectivity index is 1.56. The highest BCUT2D eigenvalue weighted by Gasteiger charge is 2.35. The number of rotatable bonds is 4. The van der Waals surface area contributed by atoms with Gasteiger partial charge in [0.05, 0.1) is 21.3 Å². The summed E-state index contributed by atoms with van der Waals surface area (Å²) in [5, 5.41) is 5.02. The first kappa shape index (κ1) is 18.1. The molecule has 1 aliphatic rings. The first-order valence-corrected chi connectivity index (χ1v) is 10.4. The molecule has 0 saturated carbocycles. The Morgan fingerprint density at radius 2 is 1.78 bits per heavy atom. The van der Waals surface area contributed by atoms with Crippen molar-refractivity contribution in [2.24, 2.45) is 0 Å². The van der Waals surface area contributed by atoms with Crippen molar-refractivity contribution in [3.8, 4) is 0 Å². The van der Waals surface area contributed by atoms with Gasteiger partial charge in [-0.05, 0) is 35.7 Å². The zero-order chi connectivity index (χ0) is 19.2. The second-order valence-corrected chi connectivity index (χ2v) is 8.81. The number of sulfonamides is 1. The summed E-state index contributed by atoms with van der Waals surface area (Å²) in [4.78, 5) is 12.6. The molecule has 0 radical (unpaired) electrons. The third-order valence-corrected chi connectivity index (χ3v) is 6.85. The molecule has 3 aromatic carbocycles. The molecule has 138 valence electrons. The van der Waals surface area contributed by atoms with E-state index in [0.717, 1.165) is 5.39 Å². The monoisotopic (exact) mass is 420 g/mol. The summed E-state index contributed by atoms with van der Waals surface area (Å²) in [5.41, 5.74) is 0.987. The Labute approximate surface area is 166 Å². The molecule has 27 heavy (non-hydrogen) atoms. The van der Waals surface area contributed by atoms with Crippen molar-refractivity contribution in [1.82, 2.24) is 0 Å². The minimum Gasteiger partial charge on any atom is -0.325 e. The van der Waals surface area contributed by atoms with Crippen LogP contribution in [0.3, 0.4) is 0 Å². The Bertz CT molecular complexity index is 1170. The molecule has 1 N–H and O–H groups in total. The second kappa shape index (κ2) is 6.71. The highest BCUT2D eigenvalue weighted by molar-refractivity contribution is 7.93. The van der Waals surface area contributed by atoms with Crippen LogP contribution in [-0.2, 0) is 14.8 Å². The van der Waals surface area contributed by atoms with Crippen LogP contribution in [0.25, 0.3) is 10.8 Å². The number of nitrogens with one attached hydrogen (secondary N) is 1. The molecule has 0 fully saturated rings. The fraction of sp³-hybridized carbons (Fsp3) is 0.105. The van der Waals surface area contributed by atoms with Gasteiger partial charge in [0.1, 0.15) is 0 Å². The van der Waals surface area contributed by atoms with Crippen LogP contribution < -0.4 is 9.62 Å². The van der Waals surface area contributed by atoms with E-state index in [4.69, 9.17) is 23.2 Å². The van der Waals surface area contributed by atoms with Crippen molar-refractivity contribution in [3.63, 3.8) is 0 Å². The van der Waals surface area contributed by atoms with Gasteiger partial charge in [0.25, 0.3) is 10.0 Å². The van der Waals surface area contributed by atoms with Crippen LogP contribution in [0.4, 0.5) is 11.4 Å². The van der Waals surface area contributed by atoms with Crippen molar-refractivity contribution in [2.75, 3.05) is 16.2 Å². The fourth-order valence-electron chi connectivity index (χ4n) is 3.21. The van der Waals surface area contributed by atoms with Gasteiger partial charge in [-0.1, -0.05) is 47.5 Å². The molecule has 8 heteroatoms. The van der Waals surface area contributed by atoms with Crippen LogP contribution in [0.5, 0.6) is 0 Å². The van der Waals surface area contributed by atoms with E-state index >= 15 is 0 Å². The zero-order valence-electron chi connectivity index (χ0n) is 13.9. The molecule has 3 aromatic rings. The van der Waals surface area contributed by atoms with E-state index in [0.29, 0.717) is 26.8 Å². The summed E-state index contributed by atoms with van der Waals surface area (Å²) in [6.07, 6.45) is -0.0214. The van der Waals surface area contributed by atoms with Crippen molar-refractivity contribution in [2.45, 2.75) is 11.3 Å². The summed E-state index contributed by atoms with van der Waals surface area (Å²) >= 11 is 12.0. The summed E-state index contributed by atoms with van der Waals surface area (Å²) in [6, 6.07) is 15.4. The van der Waals surface area contributed by atoms with E-state index in [-0.39, 0.29) is 23.8 Å². The molecule has 0 bridgehead atoms. The topological polar surface area (TPSA) is 66.5 Å². The lowest BCUT2D eigenvalue weighted by atomic mass is 10.1. The number of hydrogen-bond acceptors (Lipinski definition) is 3. The van der Waals surface area contributed by atoms with Crippen LogP contribution >= 0.6 is 23.2 Å². The lowest BCUT2D eigenvalue weighted by Gasteiger charge is -2.18. The van der Waals surface area contributed by atoms with Gasteiger partial charge in [0.2, 0.25) is 5.91 Å². The number of anilines is 2. The normalized spacial score (nSPS) is 14.5. The molecular formula is C19H14Cl2N2O3S. The highest BCUT2D eigenvalue weighted by Crippen LogP contribution is 2.41. The Morgan fingerprint density at radius 3 is 2.56 bits per heavy atom. The van der Waals surface area contributed by atoms with Gasteiger partial charge in [0, 0.05) is 23.4 Å². The van der Waals surface area contributed by atoms with Crippen LogP contribution in [0.1, 0.15) is 6.42 Å².